The molecule has 0 amide bonds. The highest BCUT2D eigenvalue weighted by Crippen LogP contribution is 2.39. The number of hydrogen-bond donors (Lipinski definition) is 1. The highest BCUT2D eigenvalue weighted by atomic mass is 32.1. The topological polar surface area (TPSA) is 63.4 Å². The summed E-state index contributed by atoms with van der Waals surface area (Å²) in [6.45, 7) is 1.91. The Hall–Kier alpha value is -2.12. The first-order chi connectivity index (χ1) is 13.8. The molecule has 2 bridgehead atoms. The fourth-order valence-corrected chi connectivity index (χ4v) is 5.42. The van der Waals surface area contributed by atoms with Crippen molar-refractivity contribution in [1.82, 2.24) is 15.3 Å². The summed E-state index contributed by atoms with van der Waals surface area (Å²) in [5.74, 6) is 0.845. The largest absolute Gasteiger partial charge is 0.488 e. The molecular weight excluding hydrogens is 372 g/mol. The number of nitrogens with zero attached hydrogens (tertiary/aromatic N) is 3. The number of aromatic nitrogens is 2. The van der Waals surface area contributed by atoms with Gasteiger partial charge in [0.15, 0.2) is 11.1 Å². The zero-order chi connectivity index (χ0) is 18.5. The molecule has 7 rings (SSSR count). The van der Waals surface area contributed by atoms with Crippen molar-refractivity contribution in [3.8, 4) is 16.3 Å². The van der Waals surface area contributed by atoms with Gasteiger partial charge in [0.05, 0.1) is 11.7 Å². The van der Waals surface area contributed by atoms with Crippen LogP contribution in [0.1, 0.15) is 38.5 Å². The van der Waals surface area contributed by atoms with Gasteiger partial charge in [0, 0.05) is 36.8 Å². The van der Waals surface area contributed by atoms with Crippen LogP contribution in [0, 0.1) is 0 Å². The summed E-state index contributed by atoms with van der Waals surface area (Å²) < 4.78 is 12.7. The van der Waals surface area contributed by atoms with Crippen molar-refractivity contribution in [3.63, 3.8) is 0 Å². The highest BCUT2D eigenvalue weighted by molar-refractivity contribution is 7.13. The molecule has 2 unspecified atom stereocenters. The van der Waals surface area contributed by atoms with E-state index in [4.69, 9.17) is 14.1 Å². The van der Waals surface area contributed by atoms with Crippen molar-refractivity contribution in [2.45, 2.75) is 56.7 Å². The van der Waals surface area contributed by atoms with E-state index in [0.717, 1.165) is 53.4 Å². The molecule has 5 heterocycles. The first kappa shape index (κ1) is 16.8. The van der Waals surface area contributed by atoms with Gasteiger partial charge < -0.3 is 19.4 Å². The van der Waals surface area contributed by atoms with Crippen LogP contribution in [0.25, 0.3) is 21.7 Å². The standard InChI is InChI=1S/C21H24N4O2S/c1-2-4-15(5-3-1)26-17-7-6-16(20-22-8-9-28-20)19-18(17)24-21(27-19)25-11-13-10-14(12-25)23-13/h6-9,13-15,23H,1-5,10-12H2. The molecule has 1 saturated carbocycles. The van der Waals surface area contributed by atoms with Gasteiger partial charge in [0.25, 0.3) is 6.01 Å². The minimum absolute atomic E-state index is 0.287. The van der Waals surface area contributed by atoms with Crippen LogP contribution < -0.4 is 15.0 Å². The van der Waals surface area contributed by atoms with Crippen molar-refractivity contribution >= 4 is 28.5 Å². The molecule has 3 aromatic rings. The number of thiazole rings is 1. The minimum Gasteiger partial charge on any atom is -0.488 e. The maximum absolute atomic E-state index is 6.40. The zero-order valence-corrected chi connectivity index (χ0v) is 16.6. The fraction of sp³-hybridized carbons (Fsp3) is 0.524. The molecule has 1 N–H and O–H groups in total. The molecule has 4 aliphatic rings. The second-order valence-corrected chi connectivity index (χ2v) is 9.10. The van der Waals surface area contributed by atoms with Crippen LogP contribution in [-0.4, -0.2) is 41.2 Å². The van der Waals surface area contributed by atoms with Crippen LogP contribution >= 0.6 is 11.3 Å². The molecule has 1 aliphatic carbocycles. The second kappa shape index (κ2) is 6.74. The first-order valence-electron chi connectivity index (χ1n) is 10.3. The lowest BCUT2D eigenvalue weighted by Gasteiger charge is -2.47. The predicted molar refractivity (Wildman–Crippen MR) is 110 cm³/mol. The van der Waals surface area contributed by atoms with E-state index in [-0.39, 0.29) is 6.10 Å². The molecule has 3 saturated heterocycles. The molecule has 1 aromatic carbocycles. The van der Waals surface area contributed by atoms with E-state index < -0.39 is 0 Å². The molecule has 2 atom stereocenters. The number of oxazole rings is 1. The van der Waals surface area contributed by atoms with Gasteiger partial charge in [0.2, 0.25) is 0 Å². The van der Waals surface area contributed by atoms with E-state index in [0.29, 0.717) is 18.1 Å². The monoisotopic (exact) mass is 396 g/mol. The molecular formula is C21H24N4O2S. The van der Waals surface area contributed by atoms with E-state index in [1.165, 1.54) is 25.7 Å². The predicted octanol–water partition coefficient (Wildman–Crippen LogP) is 4.21. The number of piperazine rings is 1. The number of benzene rings is 1. The van der Waals surface area contributed by atoms with E-state index in [2.05, 4.69) is 27.3 Å². The van der Waals surface area contributed by atoms with Crippen LogP contribution in [-0.2, 0) is 0 Å². The first-order valence-corrected chi connectivity index (χ1v) is 11.2. The molecule has 3 aliphatic heterocycles. The van der Waals surface area contributed by atoms with Crippen LogP contribution in [0.4, 0.5) is 6.01 Å². The lowest BCUT2D eigenvalue weighted by Crippen LogP contribution is -2.67. The maximum atomic E-state index is 6.40. The lowest BCUT2D eigenvalue weighted by atomic mass is 9.92. The Morgan fingerprint density at radius 3 is 2.71 bits per heavy atom. The van der Waals surface area contributed by atoms with Gasteiger partial charge in [-0.1, -0.05) is 6.42 Å². The molecule has 28 heavy (non-hydrogen) atoms. The van der Waals surface area contributed by atoms with E-state index >= 15 is 0 Å². The Morgan fingerprint density at radius 1 is 1.14 bits per heavy atom. The number of anilines is 1. The summed E-state index contributed by atoms with van der Waals surface area (Å²) in [5, 5.41) is 6.52. The Bertz CT molecular complexity index is 964. The van der Waals surface area contributed by atoms with Crippen molar-refractivity contribution in [2.24, 2.45) is 0 Å². The Kier molecular flexibility index (Phi) is 4.04. The molecule has 2 aromatic heterocycles. The fourth-order valence-electron chi connectivity index (χ4n) is 4.76. The summed E-state index contributed by atoms with van der Waals surface area (Å²) in [6.07, 6.45) is 9.45. The van der Waals surface area contributed by atoms with Gasteiger partial charge in [0.1, 0.15) is 10.8 Å². The lowest BCUT2D eigenvalue weighted by molar-refractivity contribution is 0.157. The van der Waals surface area contributed by atoms with Gasteiger partial charge >= 0.3 is 0 Å². The SMILES string of the molecule is c1csc(-c2ccc(OC3CCCCC3)c3nc(N4CC5CC(C4)N5)oc23)n1. The third kappa shape index (κ3) is 2.88. The van der Waals surface area contributed by atoms with Gasteiger partial charge in [-0.3, -0.25) is 0 Å². The summed E-state index contributed by atoms with van der Waals surface area (Å²) in [7, 11) is 0. The van der Waals surface area contributed by atoms with Crippen LogP contribution in [0.15, 0.2) is 28.1 Å². The van der Waals surface area contributed by atoms with Crippen molar-refractivity contribution in [2.75, 3.05) is 18.0 Å². The zero-order valence-electron chi connectivity index (χ0n) is 15.8. The van der Waals surface area contributed by atoms with Crippen LogP contribution in [0.2, 0.25) is 0 Å². The summed E-state index contributed by atoms with van der Waals surface area (Å²) in [4.78, 5) is 11.7. The quantitative estimate of drug-likeness (QED) is 0.713. The number of piperidine rings is 1. The van der Waals surface area contributed by atoms with E-state index in [1.54, 1.807) is 11.3 Å². The molecule has 0 radical (unpaired) electrons. The Balaban J connectivity index is 1.40. The number of rotatable bonds is 4. The van der Waals surface area contributed by atoms with E-state index in [1.807, 2.05) is 11.6 Å². The second-order valence-electron chi connectivity index (χ2n) is 8.20. The van der Waals surface area contributed by atoms with Gasteiger partial charge in [-0.15, -0.1) is 11.3 Å². The van der Waals surface area contributed by atoms with Crippen LogP contribution in [0.5, 0.6) is 5.75 Å². The van der Waals surface area contributed by atoms with Gasteiger partial charge in [-0.2, -0.15) is 4.98 Å². The summed E-state index contributed by atoms with van der Waals surface area (Å²) in [5.41, 5.74) is 2.63. The maximum Gasteiger partial charge on any atom is 0.298 e. The molecule has 146 valence electrons. The molecule has 4 fully saturated rings. The minimum atomic E-state index is 0.287. The van der Waals surface area contributed by atoms with Crippen LogP contribution in [0.3, 0.4) is 0 Å². The van der Waals surface area contributed by atoms with Crippen molar-refractivity contribution in [3.05, 3.63) is 23.7 Å². The Morgan fingerprint density at radius 2 is 1.96 bits per heavy atom. The highest BCUT2D eigenvalue weighted by Gasteiger charge is 2.38. The van der Waals surface area contributed by atoms with Crippen molar-refractivity contribution < 1.29 is 9.15 Å². The van der Waals surface area contributed by atoms with Gasteiger partial charge in [-0.05, 0) is 44.2 Å². The van der Waals surface area contributed by atoms with Crippen molar-refractivity contribution in [1.29, 1.82) is 0 Å². The number of ether oxygens (including phenoxy) is 1. The van der Waals surface area contributed by atoms with E-state index in [9.17, 15) is 0 Å². The molecule has 0 spiro atoms. The summed E-state index contributed by atoms with van der Waals surface area (Å²) in [6, 6.07) is 5.96. The third-order valence-corrected chi connectivity index (χ3v) is 7.00. The number of nitrogens with one attached hydrogen (secondary N) is 1. The van der Waals surface area contributed by atoms with Gasteiger partial charge in [-0.25, -0.2) is 4.98 Å². The third-order valence-electron chi connectivity index (χ3n) is 6.20. The average Bonchev–Trinajstić information content (AvgIpc) is 3.39. The summed E-state index contributed by atoms with van der Waals surface area (Å²) >= 11 is 1.62. The number of hydrogen-bond acceptors (Lipinski definition) is 7. The molecule has 6 nitrogen and oxygen atoms in total. The normalized spacial score (nSPS) is 25.1. The number of fused-ring (bicyclic) bond motifs is 3. The molecule has 7 heteroatoms. The average molecular weight is 397 g/mol. The Labute approximate surface area is 167 Å². The smallest absolute Gasteiger partial charge is 0.298 e.